The molecule has 30 heavy (non-hydrogen) atoms. The first-order valence-corrected chi connectivity index (χ1v) is 11.1. The molecule has 0 saturated heterocycles. The minimum absolute atomic E-state index is 0.573. The molecule has 0 fully saturated rings. The van der Waals surface area contributed by atoms with E-state index in [2.05, 4.69) is 54.3 Å². The third-order valence-corrected chi connectivity index (χ3v) is 4.68. The number of methoxy groups -OCH3 is 1. The van der Waals surface area contributed by atoms with Gasteiger partial charge >= 0.3 is 0 Å². The van der Waals surface area contributed by atoms with Crippen molar-refractivity contribution in [3.63, 3.8) is 0 Å². The van der Waals surface area contributed by atoms with E-state index in [9.17, 15) is 0 Å². The number of aliphatic imine (C=N–C) groups is 1. The number of guanidine groups is 1. The van der Waals surface area contributed by atoms with Gasteiger partial charge in [-0.25, -0.2) is 0 Å². The molecule has 0 bridgehead atoms. The third-order valence-electron chi connectivity index (χ3n) is 4.68. The van der Waals surface area contributed by atoms with Crippen LogP contribution in [-0.2, 0) is 11.3 Å². The van der Waals surface area contributed by atoms with Gasteiger partial charge in [-0.05, 0) is 43.1 Å². The van der Waals surface area contributed by atoms with Gasteiger partial charge in [0.1, 0.15) is 6.61 Å². The zero-order chi connectivity index (χ0) is 22.2. The van der Waals surface area contributed by atoms with Gasteiger partial charge in [-0.2, -0.15) is 0 Å². The smallest absolute Gasteiger partial charge is 0.191 e. The molecular formula is C23H42N4O3. The molecule has 2 N–H and O–H groups in total. The zero-order valence-electron chi connectivity index (χ0n) is 19.8. The maximum absolute atomic E-state index is 5.93. The van der Waals surface area contributed by atoms with Crippen LogP contribution in [0.25, 0.3) is 0 Å². The molecule has 0 atom stereocenters. The van der Waals surface area contributed by atoms with Crippen molar-refractivity contribution >= 4 is 5.96 Å². The topological polar surface area (TPSA) is 67.4 Å². The van der Waals surface area contributed by atoms with Crippen molar-refractivity contribution in [1.29, 1.82) is 0 Å². The van der Waals surface area contributed by atoms with Gasteiger partial charge in [0.25, 0.3) is 0 Å². The average Bonchev–Trinajstić information content (AvgIpc) is 2.75. The number of likely N-dealkylation sites (N-methyl/N-ethyl adjacent to an activating group) is 1. The van der Waals surface area contributed by atoms with Crippen molar-refractivity contribution in [2.75, 3.05) is 60.2 Å². The molecule has 0 spiro atoms. The van der Waals surface area contributed by atoms with Crippen molar-refractivity contribution in [3.05, 3.63) is 23.8 Å². The Morgan fingerprint density at radius 3 is 2.50 bits per heavy atom. The van der Waals surface area contributed by atoms with Gasteiger partial charge in [0.15, 0.2) is 17.5 Å². The van der Waals surface area contributed by atoms with Crippen molar-refractivity contribution in [1.82, 2.24) is 15.5 Å². The van der Waals surface area contributed by atoms with Gasteiger partial charge in [0.05, 0.1) is 7.11 Å². The van der Waals surface area contributed by atoms with E-state index in [1.807, 2.05) is 12.1 Å². The van der Waals surface area contributed by atoms with Crippen LogP contribution in [0.15, 0.2) is 23.2 Å². The number of hydrogen-bond donors (Lipinski definition) is 2. The monoisotopic (exact) mass is 422 g/mol. The fraction of sp³-hybridized carbons (Fsp3) is 0.696. The van der Waals surface area contributed by atoms with Crippen molar-refractivity contribution in [2.24, 2.45) is 10.9 Å². The summed E-state index contributed by atoms with van der Waals surface area (Å²) in [4.78, 5) is 6.61. The van der Waals surface area contributed by atoms with Gasteiger partial charge in [-0.3, -0.25) is 4.99 Å². The second-order valence-electron chi connectivity index (χ2n) is 7.54. The van der Waals surface area contributed by atoms with Gasteiger partial charge in [-0.15, -0.1) is 0 Å². The number of nitrogens with zero attached hydrogens (tertiary/aromatic N) is 2. The lowest BCUT2D eigenvalue weighted by atomic mass is 10.2. The minimum Gasteiger partial charge on any atom is -0.493 e. The Balaban J connectivity index is 2.43. The molecule has 1 aromatic carbocycles. The van der Waals surface area contributed by atoms with Crippen molar-refractivity contribution in [3.8, 4) is 11.5 Å². The summed E-state index contributed by atoms with van der Waals surface area (Å²) in [5.41, 5.74) is 1.10. The first kappa shape index (κ1) is 26.0. The van der Waals surface area contributed by atoms with E-state index < -0.39 is 0 Å². The fourth-order valence-electron chi connectivity index (χ4n) is 2.87. The molecule has 7 heteroatoms. The van der Waals surface area contributed by atoms with Crippen LogP contribution in [0.2, 0.25) is 0 Å². The van der Waals surface area contributed by atoms with Crippen LogP contribution < -0.4 is 20.1 Å². The summed E-state index contributed by atoms with van der Waals surface area (Å²) in [6, 6.07) is 6.03. The number of nitrogens with one attached hydrogen (secondary N) is 2. The largest absolute Gasteiger partial charge is 0.493 e. The number of benzene rings is 1. The van der Waals surface area contributed by atoms with Crippen LogP contribution in [0.5, 0.6) is 11.5 Å². The second kappa shape index (κ2) is 15.8. The Labute approximate surface area is 183 Å². The van der Waals surface area contributed by atoms with Crippen LogP contribution in [0.1, 0.15) is 39.7 Å². The summed E-state index contributed by atoms with van der Waals surface area (Å²) in [6.07, 6.45) is 0.945. The first-order valence-electron chi connectivity index (χ1n) is 11.1. The highest BCUT2D eigenvalue weighted by Crippen LogP contribution is 2.28. The number of hydrogen-bond acceptors (Lipinski definition) is 5. The molecule has 0 unspecified atom stereocenters. The van der Waals surface area contributed by atoms with Crippen LogP contribution in [0.4, 0.5) is 0 Å². The standard InChI is InChI=1S/C23H42N4O3/c1-7-27(8-2)13-15-30-21-11-10-20(16-22(21)28-6)17-26-23(24-5)25-12-9-14-29-18-19(3)4/h10-11,16,19H,7-9,12-15,17-18H2,1-6H3,(H2,24,25,26). The second-order valence-corrected chi connectivity index (χ2v) is 7.54. The molecule has 0 aromatic heterocycles. The molecule has 0 heterocycles. The lowest BCUT2D eigenvalue weighted by molar-refractivity contribution is 0.108. The molecule has 1 aromatic rings. The minimum atomic E-state index is 0.573. The molecule has 0 saturated carbocycles. The highest BCUT2D eigenvalue weighted by atomic mass is 16.5. The summed E-state index contributed by atoms with van der Waals surface area (Å²) in [6.45, 7) is 15.3. The molecule has 172 valence electrons. The molecule has 7 nitrogen and oxygen atoms in total. The van der Waals surface area contributed by atoms with Gasteiger partial charge < -0.3 is 29.7 Å². The first-order chi connectivity index (χ1) is 14.5. The summed E-state index contributed by atoms with van der Waals surface area (Å²) in [5.74, 6) is 2.87. The Bertz CT molecular complexity index is 604. The maximum atomic E-state index is 5.93. The van der Waals surface area contributed by atoms with E-state index in [1.54, 1.807) is 14.2 Å². The van der Waals surface area contributed by atoms with E-state index in [4.69, 9.17) is 14.2 Å². The Hall–Kier alpha value is -1.99. The third kappa shape index (κ3) is 10.7. The molecule has 0 amide bonds. The summed E-state index contributed by atoms with van der Waals surface area (Å²) < 4.78 is 17.1. The van der Waals surface area contributed by atoms with Gasteiger partial charge in [0, 0.05) is 39.9 Å². The van der Waals surface area contributed by atoms with E-state index in [0.29, 0.717) is 19.1 Å². The normalized spacial score (nSPS) is 11.8. The Kier molecular flexibility index (Phi) is 13.7. The predicted molar refractivity (Wildman–Crippen MR) is 125 cm³/mol. The van der Waals surface area contributed by atoms with E-state index in [0.717, 1.165) is 68.8 Å². The fourth-order valence-corrected chi connectivity index (χ4v) is 2.87. The average molecular weight is 423 g/mol. The highest BCUT2D eigenvalue weighted by Gasteiger charge is 2.08. The predicted octanol–water partition coefficient (Wildman–Crippen LogP) is 3.14. The van der Waals surface area contributed by atoms with Gasteiger partial charge in [0.2, 0.25) is 0 Å². The van der Waals surface area contributed by atoms with Crippen molar-refractivity contribution in [2.45, 2.75) is 40.7 Å². The molecule has 0 aliphatic carbocycles. The Morgan fingerprint density at radius 2 is 1.87 bits per heavy atom. The van der Waals surface area contributed by atoms with Crippen LogP contribution in [0, 0.1) is 5.92 Å². The lowest BCUT2D eigenvalue weighted by Crippen LogP contribution is -2.37. The number of rotatable bonds is 15. The van der Waals surface area contributed by atoms with Gasteiger partial charge in [-0.1, -0.05) is 33.8 Å². The van der Waals surface area contributed by atoms with Crippen LogP contribution >= 0.6 is 0 Å². The summed E-state index contributed by atoms with van der Waals surface area (Å²) in [5, 5.41) is 6.65. The molecule has 1 rings (SSSR count). The Morgan fingerprint density at radius 1 is 1.10 bits per heavy atom. The maximum Gasteiger partial charge on any atom is 0.191 e. The molecule has 0 aliphatic rings. The lowest BCUT2D eigenvalue weighted by Gasteiger charge is -2.19. The van der Waals surface area contributed by atoms with E-state index >= 15 is 0 Å². The van der Waals surface area contributed by atoms with E-state index in [1.165, 1.54) is 0 Å². The van der Waals surface area contributed by atoms with Crippen LogP contribution in [-0.4, -0.2) is 71.0 Å². The quantitative estimate of drug-likeness (QED) is 0.257. The molecular weight excluding hydrogens is 380 g/mol. The summed E-state index contributed by atoms with van der Waals surface area (Å²) >= 11 is 0. The van der Waals surface area contributed by atoms with Crippen molar-refractivity contribution < 1.29 is 14.2 Å². The SMILES string of the molecule is CCN(CC)CCOc1ccc(CNC(=NC)NCCCOCC(C)C)cc1OC. The highest BCUT2D eigenvalue weighted by molar-refractivity contribution is 5.79. The van der Waals surface area contributed by atoms with E-state index in [-0.39, 0.29) is 0 Å². The molecule has 0 radical (unpaired) electrons. The summed E-state index contributed by atoms with van der Waals surface area (Å²) in [7, 11) is 3.45. The zero-order valence-corrected chi connectivity index (χ0v) is 19.8. The number of ether oxygens (including phenoxy) is 3. The molecule has 0 aliphatic heterocycles. The van der Waals surface area contributed by atoms with Crippen LogP contribution in [0.3, 0.4) is 0 Å².